The van der Waals surface area contributed by atoms with Crippen LogP contribution in [0.1, 0.15) is 34.1 Å². The summed E-state index contributed by atoms with van der Waals surface area (Å²) in [6.45, 7) is 5.42. The van der Waals surface area contributed by atoms with E-state index in [2.05, 4.69) is 6.58 Å². The molecule has 0 aliphatic heterocycles. The van der Waals surface area contributed by atoms with Gasteiger partial charge in [0, 0.05) is 44.1 Å². The molecule has 2 aromatic carbocycles. The molecule has 0 saturated heterocycles. The molecule has 7 nitrogen and oxygen atoms in total. The van der Waals surface area contributed by atoms with Gasteiger partial charge in [0.2, 0.25) is 11.6 Å². The minimum atomic E-state index is -2.53. The van der Waals surface area contributed by atoms with E-state index in [4.69, 9.17) is 18.0 Å². The molecule has 0 amide bonds. The van der Waals surface area contributed by atoms with Crippen LogP contribution in [0.5, 0.6) is 0 Å². The van der Waals surface area contributed by atoms with Gasteiger partial charge >= 0.3 is 14.8 Å². The summed E-state index contributed by atoms with van der Waals surface area (Å²) in [5.41, 5.74) is 1.25. The van der Waals surface area contributed by atoms with Gasteiger partial charge in [0.15, 0.2) is 0 Å². The Balaban J connectivity index is 0.000000320. The standard InChI is InChI=1S/C14H10O2.C10H20O5Si/c15-13(11-7-3-1-4-8-11)14(16)12-9-5-2-6-10-12;1-9(2)10(11)15-7-6-8-16(12-3,13-4)14-5/h1-10H;1,6-8H2,2-5H3. The highest BCUT2D eigenvalue weighted by molar-refractivity contribution is 6.60. The van der Waals surface area contributed by atoms with Crippen molar-refractivity contribution < 1.29 is 32.4 Å². The smallest absolute Gasteiger partial charge is 0.462 e. The molecule has 0 atom stereocenters. The summed E-state index contributed by atoms with van der Waals surface area (Å²) in [4.78, 5) is 34.7. The van der Waals surface area contributed by atoms with Crippen LogP contribution in [0.15, 0.2) is 72.8 Å². The molecule has 8 heteroatoms. The van der Waals surface area contributed by atoms with Gasteiger partial charge in [0.1, 0.15) is 0 Å². The third-order valence-electron chi connectivity index (χ3n) is 4.42. The number of Topliss-reactive ketones (excluding diaryl/α,β-unsaturated/α-hetero) is 2. The van der Waals surface area contributed by atoms with E-state index in [0.717, 1.165) is 0 Å². The van der Waals surface area contributed by atoms with Crippen LogP contribution in [0.3, 0.4) is 0 Å². The number of hydrogen-bond donors (Lipinski definition) is 0. The SMILES string of the molecule is C=C(C)C(=O)OCCC[Si](OC)(OC)OC.O=C(C(=O)c1ccccc1)c1ccccc1. The van der Waals surface area contributed by atoms with Gasteiger partial charge in [-0.15, -0.1) is 0 Å². The number of ketones is 2. The van der Waals surface area contributed by atoms with Gasteiger partial charge in [-0.2, -0.15) is 0 Å². The van der Waals surface area contributed by atoms with Crippen molar-refractivity contribution in [3.8, 4) is 0 Å². The molecule has 172 valence electrons. The average molecular weight is 459 g/mol. The van der Waals surface area contributed by atoms with Crippen LogP contribution < -0.4 is 0 Å². The second-order valence-electron chi connectivity index (χ2n) is 6.71. The average Bonchev–Trinajstić information content (AvgIpc) is 2.85. The van der Waals surface area contributed by atoms with E-state index < -0.39 is 20.4 Å². The quantitative estimate of drug-likeness (QED) is 0.125. The minimum Gasteiger partial charge on any atom is -0.462 e. The van der Waals surface area contributed by atoms with Crippen molar-refractivity contribution >= 4 is 26.3 Å². The lowest BCUT2D eigenvalue weighted by atomic mass is 10.0. The number of benzene rings is 2. The highest BCUT2D eigenvalue weighted by atomic mass is 28.4. The van der Waals surface area contributed by atoms with Crippen molar-refractivity contribution in [1.29, 1.82) is 0 Å². The first-order chi connectivity index (χ1) is 15.3. The second-order valence-corrected chi connectivity index (χ2v) is 9.80. The number of rotatable bonds is 11. The summed E-state index contributed by atoms with van der Waals surface area (Å²) in [7, 11) is 2.13. The molecule has 0 aliphatic rings. The van der Waals surface area contributed by atoms with Crippen LogP contribution in [-0.2, 0) is 22.8 Å². The molecule has 0 aromatic heterocycles. The summed E-state index contributed by atoms with van der Waals surface area (Å²) in [6, 6.07) is 17.8. The highest BCUT2D eigenvalue weighted by Gasteiger charge is 2.37. The van der Waals surface area contributed by atoms with Crippen molar-refractivity contribution in [2.45, 2.75) is 19.4 Å². The fraction of sp³-hybridized carbons (Fsp3) is 0.292. The first-order valence-electron chi connectivity index (χ1n) is 9.97. The summed E-state index contributed by atoms with van der Waals surface area (Å²) in [6.07, 6.45) is 0.640. The van der Waals surface area contributed by atoms with Gasteiger partial charge in [0.05, 0.1) is 6.61 Å². The Morgan fingerprint density at radius 2 is 1.19 bits per heavy atom. The number of carbonyl (C=O) groups excluding carboxylic acids is 3. The zero-order valence-corrected chi connectivity index (χ0v) is 20.0. The first-order valence-corrected chi connectivity index (χ1v) is 11.9. The molecule has 0 heterocycles. The molecular formula is C24H30O7Si. The maximum atomic E-state index is 11.8. The molecule has 0 bridgehead atoms. The van der Waals surface area contributed by atoms with Gasteiger partial charge < -0.3 is 18.0 Å². The van der Waals surface area contributed by atoms with Crippen LogP contribution in [0.2, 0.25) is 6.04 Å². The lowest BCUT2D eigenvalue weighted by Crippen LogP contribution is -2.42. The van der Waals surface area contributed by atoms with Crippen LogP contribution in [0.25, 0.3) is 0 Å². The Hall–Kier alpha value is -2.91. The van der Waals surface area contributed by atoms with Crippen LogP contribution >= 0.6 is 0 Å². The zero-order chi connectivity index (χ0) is 24.0. The number of esters is 1. The van der Waals surface area contributed by atoms with E-state index in [9.17, 15) is 14.4 Å². The van der Waals surface area contributed by atoms with Crippen LogP contribution in [0, 0.1) is 0 Å². The Bertz CT molecular complexity index is 820. The lowest BCUT2D eigenvalue weighted by Gasteiger charge is -2.24. The Morgan fingerprint density at radius 1 is 0.781 bits per heavy atom. The fourth-order valence-electron chi connectivity index (χ4n) is 2.57. The predicted molar refractivity (Wildman–Crippen MR) is 124 cm³/mol. The van der Waals surface area contributed by atoms with Gasteiger partial charge in [-0.25, -0.2) is 4.79 Å². The monoisotopic (exact) mass is 458 g/mol. The second kappa shape index (κ2) is 14.2. The number of ether oxygens (including phenoxy) is 1. The molecule has 2 aromatic rings. The van der Waals surface area contributed by atoms with Crippen molar-refractivity contribution in [2.75, 3.05) is 27.9 Å². The third kappa shape index (κ3) is 8.68. The van der Waals surface area contributed by atoms with E-state index in [1.54, 1.807) is 76.8 Å². The molecule has 0 fully saturated rings. The van der Waals surface area contributed by atoms with Gasteiger partial charge in [0.25, 0.3) is 0 Å². The van der Waals surface area contributed by atoms with E-state index >= 15 is 0 Å². The molecular weight excluding hydrogens is 428 g/mol. The largest absolute Gasteiger partial charge is 0.500 e. The van der Waals surface area contributed by atoms with Crippen LogP contribution in [0.4, 0.5) is 0 Å². The molecule has 0 spiro atoms. The lowest BCUT2D eigenvalue weighted by molar-refractivity contribution is -0.139. The van der Waals surface area contributed by atoms with Gasteiger partial charge in [-0.3, -0.25) is 9.59 Å². The Morgan fingerprint density at radius 3 is 1.53 bits per heavy atom. The topological polar surface area (TPSA) is 88.1 Å². The van der Waals surface area contributed by atoms with Crippen molar-refractivity contribution in [1.82, 2.24) is 0 Å². The molecule has 32 heavy (non-hydrogen) atoms. The van der Waals surface area contributed by atoms with E-state index in [1.807, 2.05) is 12.1 Å². The molecule has 0 radical (unpaired) electrons. The van der Waals surface area contributed by atoms with E-state index in [1.165, 1.54) is 0 Å². The maximum Gasteiger partial charge on any atom is 0.500 e. The summed E-state index contributed by atoms with van der Waals surface area (Å²) in [5, 5.41) is 0. The first kappa shape index (κ1) is 27.1. The van der Waals surface area contributed by atoms with E-state index in [-0.39, 0.29) is 5.97 Å². The summed E-state index contributed by atoms with van der Waals surface area (Å²) < 4.78 is 20.6. The van der Waals surface area contributed by atoms with E-state index in [0.29, 0.717) is 35.8 Å². The molecule has 0 unspecified atom stereocenters. The maximum absolute atomic E-state index is 11.8. The summed E-state index contributed by atoms with van der Waals surface area (Å²) >= 11 is 0. The third-order valence-corrected chi connectivity index (χ3v) is 7.25. The number of carbonyl (C=O) groups is 3. The Kier molecular flexibility index (Phi) is 12.0. The van der Waals surface area contributed by atoms with Crippen molar-refractivity contribution in [3.05, 3.63) is 83.9 Å². The summed E-state index contributed by atoms with van der Waals surface area (Å²) in [5.74, 6) is -1.31. The van der Waals surface area contributed by atoms with Crippen molar-refractivity contribution in [2.24, 2.45) is 0 Å². The Labute approximate surface area is 190 Å². The molecule has 0 saturated carbocycles. The highest BCUT2D eigenvalue weighted by Crippen LogP contribution is 2.15. The normalized spacial score (nSPS) is 10.5. The molecule has 2 rings (SSSR count). The predicted octanol–water partition coefficient (Wildman–Crippen LogP) is 4.13. The zero-order valence-electron chi connectivity index (χ0n) is 19.0. The number of hydrogen-bond acceptors (Lipinski definition) is 7. The molecule has 0 N–H and O–H groups in total. The van der Waals surface area contributed by atoms with Crippen LogP contribution in [-0.4, -0.2) is 54.3 Å². The van der Waals surface area contributed by atoms with Gasteiger partial charge in [-0.1, -0.05) is 67.2 Å². The fourth-order valence-corrected chi connectivity index (χ4v) is 4.26. The van der Waals surface area contributed by atoms with Crippen molar-refractivity contribution in [3.63, 3.8) is 0 Å². The van der Waals surface area contributed by atoms with Gasteiger partial charge in [-0.05, 0) is 13.3 Å². The minimum absolute atomic E-state index is 0.316. The molecule has 0 aliphatic carbocycles.